The second-order valence-corrected chi connectivity index (χ2v) is 5.61. The standard InChI is InChI=1S/C19H18N4O4/c1-13-18(22-23(21-13)15-6-4-3-5-7-15)19(25)27-12-17(24)20-14-8-10-16(26-2)11-9-14/h3-11H,12H2,1-2H3,(H,20,24). The van der Waals surface area contributed by atoms with Crippen LogP contribution < -0.4 is 10.1 Å². The van der Waals surface area contributed by atoms with Crippen molar-refractivity contribution in [2.45, 2.75) is 6.92 Å². The van der Waals surface area contributed by atoms with E-state index in [9.17, 15) is 9.59 Å². The molecule has 0 bridgehead atoms. The van der Waals surface area contributed by atoms with Gasteiger partial charge >= 0.3 is 5.97 Å². The Balaban J connectivity index is 1.59. The van der Waals surface area contributed by atoms with Crippen molar-refractivity contribution in [2.24, 2.45) is 0 Å². The fourth-order valence-electron chi connectivity index (χ4n) is 2.32. The van der Waals surface area contributed by atoms with Gasteiger partial charge in [-0.2, -0.15) is 9.90 Å². The Morgan fingerprint density at radius 1 is 1.04 bits per heavy atom. The number of carbonyl (C=O) groups excluding carboxylic acids is 2. The molecule has 0 aliphatic rings. The predicted molar refractivity (Wildman–Crippen MR) is 98.0 cm³/mol. The maximum Gasteiger partial charge on any atom is 0.361 e. The lowest BCUT2D eigenvalue weighted by atomic mass is 10.3. The maximum atomic E-state index is 12.2. The van der Waals surface area contributed by atoms with Gasteiger partial charge in [0.05, 0.1) is 18.5 Å². The van der Waals surface area contributed by atoms with E-state index in [0.29, 0.717) is 17.1 Å². The summed E-state index contributed by atoms with van der Waals surface area (Å²) in [6.07, 6.45) is 0. The minimum atomic E-state index is -0.709. The summed E-state index contributed by atoms with van der Waals surface area (Å²) >= 11 is 0. The fraction of sp³-hybridized carbons (Fsp3) is 0.158. The van der Waals surface area contributed by atoms with E-state index in [4.69, 9.17) is 9.47 Å². The van der Waals surface area contributed by atoms with Crippen LogP contribution in [0.5, 0.6) is 5.75 Å². The number of nitrogens with one attached hydrogen (secondary N) is 1. The average molecular weight is 366 g/mol. The molecule has 2 aromatic carbocycles. The van der Waals surface area contributed by atoms with Gasteiger partial charge in [0.15, 0.2) is 12.3 Å². The zero-order chi connectivity index (χ0) is 19.2. The number of nitrogens with zero attached hydrogens (tertiary/aromatic N) is 3. The van der Waals surface area contributed by atoms with Crippen molar-refractivity contribution in [3.63, 3.8) is 0 Å². The molecule has 3 aromatic rings. The molecule has 8 heteroatoms. The first-order chi connectivity index (χ1) is 13.1. The molecule has 8 nitrogen and oxygen atoms in total. The lowest BCUT2D eigenvalue weighted by Crippen LogP contribution is -2.21. The summed E-state index contributed by atoms with van der Waals surface area (Å²) in [6.45, 7) is 1.23. The molecule has 0 aliphatic heterocycles. The number of methoxy groups -OCH3 is 1. The molecule has 3 rings (SSSR count). The lowest BCUT2D eigenvalue weighted by Gasteiger charge is -2.06. The van der Waals surface area contributed by atoms with Crippen LogP contribution in [0.2, 0.25) is 0 Å². The monoisotopic (exact) mass is 366 g/mol. The van der Waals surface area contributed by atoms with E-state index in [-0.39, 0.29) is 5.69 Å². The van der Waals surface area contributed by atoms with E-state index in [1.165, 1.54) is 4.80 Å². The van der Waals surface area contributed by atoms with E-state index in [2.05, 4.69) is 15.5 Å². The quantitative estimate of drug-likeness (QED) is 0.673. The van der Waals surface area contributed by atoms with Crippen LogP contribution in [0.4, 0.5) is 5.69 Å². The molecule has 1 heterocycles. The number of amides is 1. The molecule has 0 atom stereocenters. The summed E-state index contributed by atoms with van der Waals surface area (Å²) in [6, 6.07) is 16.0. The van der Waals surface area contributed by atoms with E-state index in [1.54, 1.807) is 38.3 Å². The summed E-state index contributed by atoms with van der Waals surface area (Å²) in [7, 11) is 1.56. The summed E-state index contributed by atoms with van der Waals surface area (Å²) < 4.78 is 10.1. The lowest BCUT2D eigenvalue weighted by molar-refractivity contribution is -0.119. The number of hydrogen-bond donors (Lipinski definition) is 1. The van der Waals surface area contributed by atoms with E-state index >= 15 is 0 Å². The van der Waals surface area contributed by atoms with Crippen LogP contribution in [0.15, 0.2) is 54.6 Å². The Morgan fingerprint density at radius 2 is 1.74 bits per heavy atom. The van der Waals surface area contributed by atoms with Gasteiger partial charge in [-0.3, -0.25) is 4.79 Å². The average Bonchev–Trinajstić information content (AvgIpc) is 3.09. The highest BCUT2D eigenvalue weighted by Gasteiger charge is 2.19. The van der Waals surface area contributed by atoms with Crippen LogP contribution in [0.25, 0.3) is 5.69 Å². The zero-order valence-electron chi connectivity index (χ0n) is 14.9. The summed E-state index contributed by atoms with van der Waals surface area (Å²) in [5.74, 6) is -0.488. The molecular formula is C19H18N4O4. The Labute approximate surface area is 155 Å². The predicted octanol–water partition coefficient (Wildman–Crippen LogP) is 2.38. The molecular weight excluding hydrogens is 348 g/mol. The third-order valence-corrected chi connectivity index (χ3v) is 3.67. The highest BCUT2D eigenvalue weighted by Crippen LogP contribution is 2.15. The van der Waals surface area contributed by atoms with Gasteiger partial charge in [-0.25, -0.2) is 4.79 Å². The minimum absolute atomic E-state index is 0.0658. The molecule has 1 aromatic heterocycles. The van der Waals surface area contributed by atoms with Crippen molar-refractivity contribution >= 4 is 17.6 Å². The van der Waals surface area contributed by atoms with Gasteiger partial charge in [0.25, 0.3) is 5.91 Å². The molecule has 0 saturated heterocycles. The van der Waals surface area contributed by atoms with Crippen molar-refractivity contribution < 1.29 is 19.1 Å². The van der Waals surface area contributed by atoms with Gasteiger partial charge in [0.1, 0.15) is 5.75 Å². The number of anilines is 1. The van der Waals surface area contributed by atoms with Crippen LogP contribution in [-0.4, -0.2) is 40.6 Å². The maximum absolute atomic E-state index is 12.2. The van der Waals surface area contributed by atoms with Gasteiger partial charge in [0, 0.05) is 5.69 Å². The number of rotatable bonds is 6. The van der Waals surface area contributed by atoms with Crippen molar-refractivity contribution in [1.29, 1.82) is 0 Å². The van der Waals surface area contributed by atoms with Crippen LogP contribution in [0.3, 0.4) is 0 Å². The van der Waals surface area contributed by atoms with Crippen LogP contribution in [0, 0.1) is 6.92 Å². The third-order valence-electron chi connectivity index (χ3n) is 3.67. The highest BCUT2D eigenvalue weighted by molar-refractivity contribution is 5.95. The van der Waals surface area contributed by atoms with Gasteiger partial charge in [0.2, 0.25) is 0 Å². The van der Waals surface area contributed by atoms with Crippen LogP contribution in [-0.2, 0) is 9.53 Å². The number of aryl methyl sites for hydroxylation is 1. The van der Waals surface area contributed by atoms with Crippen molar-refractivity contribution in [1.82, 2.24) is 15.0 Å². The zero-order valence-corrected chi connectivity index (χ0v) is 14.9. The number of esters is 1. The molecule has 0 radical (unpaired) electrons. The Bertz CT molecular complexity index is 936. The number of para-hydroxylation sites is 1. The van der Waals surface area contributed by atoms with Gasteiger partial charge < -0.3 is 14.8 Å². The Kier molecular flexibility index (Phi) is 5.46. The molecule has 138 valence electrons. The number of hydrogen-bond acceptors (Lipinski definition) is 6. The highest BCUT2D eigenvalue weighted by atomic mass is 16.5. The Hall–Kier alpha value is -3.68. The van der Waals surface area contributed by atoms with Crippen LogP contribution in [0.1, 0.15) is 16.2 Å². The van der Waals surface area contributed by atoms with Gasteiger partial charge in [-0.1, -0.05) is 18.2 Å². The van der Waals surface area contributed by atoms with Crippen molar-refractivity contribution in [3.8, 4) is 11.4 Å². The second-order valence-electron chi connectivity index (χ2n) is 5.61. The SMILES string of the molecule is COc1ccc(NC(=O)COC(=O)c2nn(-c3ccccc3)nc2C)cc1. The van der Waals surface area contributed by atoms with Crippen molar-refractivity contribution in [3.05, 3.63) is 66.0 Å². The summed E-state index contributed by atoms with van der Waals surface area (Å²) in [5, 5.41) is 11.0. The third kappa shape index (κ3) is 4.49. The van der Waals surface area contributed by atoms with E-state index in [1.807, 2.05) is 30.3 Å². The second kappa shape index (κ2) is 8.13. The molecule has 0 saturated carbocycles. The van der Waals surface area contributed by atoms with E-state index < -0.39 is 18.5 Å². The topological polar surface area (TPSA) is 95.3 Å². The molecule has 0 spiro atoms. The minimum Gasteiger partial charge on any atom is -0.497 e. The van der Waals surface area contributed by atoms with Crippen LogP contribution >= 0.6 is 0 Å². The fourth-order valence-corrected chi connectivity index (χ4v) is 2.32. The molecule has 1 amide bonds. The first-order valence-corrected chi connectivity index (χ1v) is 8.17. The number of aromatic nitrogens is 3. The number of benzene rings is 2. The summed E-state index contributed by atoms with van der Waals surface area (Å²) in [4.78, 5) is 25.5. The molecule has 0 fully saturated rings. The first-order valence-electron chi connectivity index (χ1n) is 8.17. The molecule has 0 unspecified atom stereocenters. The van der Waals surface area contributed by atoms with E-state index in [0.717, 1.165) is 5.69 Å². The molecule has 0 aliphatic carbocycles. The smallest absolute Gasteiger partial charge is 0.361 e. The number of ether oxygens (including phenoxy) is 2. The first kappa shape index (κ1) is 18.1. The number of carbonyl (C=O) groups is 2. The largest absolute Gasteiger partial charge is 0.497 e. The van der Waals surface area contributed by atoms with Crippen molar-refractivity contribution in [2.75, 3.05) is 19.0 Å². The van der Waals surface area contributed by atoms with Gasteiger partial charge in [-0.05, 0) is 43.3 Å². The normalized spacial score (nSPS) is 10.3. The molecule has 1 N–H and O–H groups in total. The molecule has 27 heavy (non-hydrogen) atoms. The Morgan fingerprint density at radius 3 is 2.41 bits per heavy atom. The van der Waals surface area contributed by atoms with Gasteiger partial charge in [-0.15, -0.1) is 5.10 Å². The summed E-state index contributed by atoms with van der Waals surface area (Å²) in [5.41, 5.74) is 1.77.